The van der Waals surface area contributed by atoms with E-state index in [0.29, 0.717) is 5.82 Å². The van der Waals surface area contributed by atoms with Gasteiger partial charge < -0.3 is 4.74 Å². The lowest BCUT2D eigenvalue weighted by molar-refractivity contribution is 0.187. The van der Waals surface area contributed by atoms with Gasteiger partial charge in [-0.2, -0.15) is 0 Å². The first-order valence-corrected chi connectivity index (χ1v) is 4.45. The van der Waals surface area contributed by atoms with Crippen molar-refractivity contribution >= 4 is 28.2 Å². The number of nitrogens with zero attached hydrogens (tertiary/aromatic N) is 2. The molecule has 0 saturated carbocycles. The van der Waals surface area contributed by atoms with Crippen molar-refractivity contribution in [1.82, 2.24) is 9.38 Å². The molecular formula is C7H7N3O2S. The van der Waals surface area contributed by atoms with Crippen molar-refractivity contribution in [3.8, 4) is 0 Å². The van der Waals surface area contributed by atoms with E-state index in [9.17, 15) is 4.79 Å². The van der Waals surface area contributed by atoms with Crippen molar-refractivity contribution in [2.75, 3.05) is 12.4 Å². The van der Waals surface area contributed by atoms with Gasteiger partial charge in [0.15, 0.2) is 10.8 Å². The Bertz CT molecular complexity index is 405. The molecule has 68 valence electrons. The molecule has 0 aliphatic heterocycles. The number of carbonyl (C=O) groups excluding carboxylic acids is 1. The number of ether oxygens (including phenoxy) is 1. The number of anilines is 1. The lowest BCUT2D eigenvalue weighted by Gasteiger charge is -1.96. The largest absolute Gasteiger partial charge is 0.453 e. The highest BCUT2D eigenvalue weighted by atomic mass is 32.1. The molecule has 0 saturated heterocycles. The van der Waals surface area contributed by atoms with E-state index in [1.165, 1.54) is 18.4 Å². The summed E-state index contributed by atoms with van der Waals surface area (Å²) in [4.78, 5) is 15.8. The molecule has 0 spiro atoms. The maximum atomic E-state index is 10.8. The fraction of sp³-hybridized carbons (Fsp3) is 0.143. The summed E-state index contributed by atoms with van der Waals surface area (Å²) < 4.78 is 6.26. The molecule has 1 N–H and O–H groups in total. The molecule has 0 aliphatic rings. The zero-order chi connectivity index (χ0) is 9.26. The van der Waals surface area contributed by atoms with Gasteiger partial charge in [-0.1, -0.05) is 0 Å². The van der Waals surface area contributed by atoms with Gasteiger partial charge in [-0.25, -0.2) is 9.78 Å². The van der Waals surface area contributed by atoms with Crippen molar-refractivity contribution in [2.45, 2.75) is 0 Å². The second-order valence-corrected chi connectivity index (χ2v) is 3.21. The van der Waals surface area contributed by atoms with Crippen LogP contribution >= 0.6 is 11.3 Å². The van der Waals surface area contributed by atoms with Crippen molar-refractivity contribution in [1.29, 1.82) is 0 Å². The minimum absolute atomic E-state index is 0.499. The molecule has 2 rings (SSSR count). The van der Waals surface area contributed by atoms with Crippen LogP contribution in [0.15, 0.2) is 17.8 Å². The number of hydrogen-bond donors (Lipinski definition) is 1. The first-order chi connectivity index (χ1) is 6.29. The molecular weight excluding hydrogens is 190 g/mol. The van der Waals surface area contributed by atoms with Crippen molar-refractivity contribution < 1.29 is 9.53 Å². The van der Waals surface area contributed by atoms with Crippen molar-refractivity contribution in [3.05, 3.63) is 17.8 Å². The Kier molecular flexibility index (Phi) is 1.90. The number of amides is 1. The summed E-state index contributed by atoms with van der Waals surface area (Å²) in [6.07, 6.45) is 3.09. The number of imidazole rings is 1. The molecule has 2 aromatic heterocycles. The molecule has 0 unspecified atom stereocenters. The lowest BCUT2D eigenvalue weighted by atomic mass is 10.7. The molecule has 0 atom stereocenters. The normalized spacial score (nSPS) is 10.2. The minimum Gasteiger partial charge on any atom is -0.453 e. The molecule has 13 heavy (non-hydrogen) atoms. The summed E-state index contributed by atoms with van der Waals surface area (Å²) >= 11 is 1.50. The molecule has 1 amide bonds. The Morgan fingerprint density at radius 2 is 2.62 bits per heavy atom. The zero-order valence-electron chi connectivity index (χ0n) is 6.85. The van der Waals surface area contributed by atoms with E-state index < -0.39 is 6.09 Å². The molecule has 0 aliphatic carbocycles. The van der Waals surface area contributed by atoms with E-state index in [-0.39, 0.29) is 0 Å². The zero-order valence-corrected chi connectivity index (χ0v) is 7.67. The molecule has 6 heteroatoms. The Morgan fingerprint density at radius 1 is 1.77 bits per heavy atom. The summed E-state index contributed by atoms with van der Waals surface area (Å²) in [5.41, 5.74) is 0. The third kappa shape index (κ3) is 1.48. The second kappa shape index (κ2) is 3.06. The van der Waals surface area contributed by atoms with Crippen LogP contribution in [0.2, 0.25) is 0 Å². The Morgan fingerprint density at radius 3 is 3.31 bits per heavy atom. The molecule has 2 heterocycles. The maximum absolute atomic E-state index is 10.8. The van der Waals surface area contributed by atoms with Crippen LogP contribution in [-0.4, -0.2) is 22.6 Å². The molecule has 0 bridgehead atoms. The van der Waals surface area contributed by atoms with Crippen LogP contribution in [-0.2, 0) is 4.74 Å². The monoisotopic (exact) mass is 197 g/mol. The standard InChI is InChI=1S/C7H7N3O2S/c1-12-7(11)9-5-4-10-2-3-13-6(10)8-5/h2-4H,1H3,(H,9,11). The summed E-state index contributed by atoms with van der Waals surface area (Å²) in [6.45, 7) is 0. The quantitative estimate of drug-likeness (QED) is 0.755. The van der Waals surface area contributed by atoms with Gasteiger partial charge in [0.25, 0.3) is 0 Å². The number of hydrogen-bond acceptors (Lipinski definition) is 4. The number of nitrogens with one attached hydrogen (secondary N) is 1. The van der Waals surface area contributed by atoms with Crippen molar-refractivity contribution in [2.24, 2.45) is 0 Å². The van der Waals surface area contributed by atoms with Crippen LogP contribution in [0.5, 0.6) is 0 Å². The van der Waals surface area contributed by atoms with Crippen LogP contribution in [0.3, 0.4) is 0 Å². The summed E-state index contributed by atoms with van der Waals surface area (Å²) in [6, 6.07) is 0. The topological polar surface area (TPSA) is 55.6 Å². The van der Waals surface area contributed by atoms with E-state index in [2.05, 4.69) is 15.0 Å². The number of rotatable bonds is 1. The smallest absolute Gasteiger partial charge is 0.412 e. The molecule has 0 aromatic carbocycles. The second-order valence-electron chi connectivity index (χ2n) is 2.34. The first-order valence-electron chi connectivity index (χ1n) is 3.57. The SMILES string of the molecule is COC(=O)Nc1cn2ccsc2n1. The van der Waals surface area contributed by atoms with E-state index >= 15 is 0 Å². The Balaban J connectivity index is 2.25. The van der Waals surface area contributed by atoms with Gasteiger partial charge in [0.1, 0.15) is 0 Å². The van der Waals surface area contributed by atoms with Gasteiger partial charge in [-0.05, 0) is 0 Å². The highest BCUT2D eigenvalue weighted by Gasteiger charge is 2.05. The molecule has 2 aromatic rings. The third-order valence-electron chi connectivity index (χ3n) is 1.51. The van der Waals surface area contributed by atoms with E-state index in [4.69, 9.17) is 0 Å². The summed E-state index contributed by atoms with van der Waals surface area (Å²) in [7, 11) is 1.31. The van der Waals surface area contributed by atoms with Gasteiger partial charge in [0.2, 0.25) is 0 Å². The minimum atomic E-state index is -0.509. The van der Waals surface area contributed by atoms with Gasteiger partial charge in [0, 0.05) is 11.6 Å². The van der Waals surface area contributed by atoms with Gasteiger partial charge in [-0.3, -0.25) is 9.72 Å². The molecule has 0 radical (unpaired) electrons. The van der Waals surface area contributed by atoms with Crippen LogP contribution in [0, 0.1) is 0 Å². The fourth-order valence-electron chi connectivity index (χ4n) is 0.943. The van der Waals surface area contributed by atoms with E-state index in [1.807, 2.05) is 16.0 Å². The van der Waals surface area contributed by atoms with Gasteiger partial charge in [-0.15, -0.1) is 11.3 Å². The predicted molar refractivity (Wildman–Crippen MR) is 49.1 cm³/mol. The van der Waals surface area contributed by atoms with Crippen LogP contribution in [0.25, 0.3) is 4.96 Å². The highest BCUT2D eigenvalue weighted by molar-refractivity contribution is 7.15. The Hall–Kier alpha value is -1.56. The van der Waals surface area contributed by atoms with Crippen LogP contribution in [0.1, 0.15) is 0 Å². The van der Waals surface area contributed by atoms with E-state index in [0.717, 1.165) is 4.96 Å². The number of methoxy groups -OCH3 is 1. The van der Waals surface area contributed by atoms with E-state index in [1.54, 1.807) is 6.20 Å². The average Bonchev–Trinajstić information content (AvgIpc) is 2.63. The first kappa shape index (κ1) is 8.06. The Labute approximate surface area is 78.0 Å². The third-order valence-corrected chi connectivity index (χ3v) is 2.28. The predicted octanol–water partition coefficient (Wildman–Crippen LogP) is 1.57. The summed E-state index contributed by atoms with van der Waals surface area (Å²) in [5, 5.41) is 4.40. The average molecular weight is 197 g/mol. The molecule has 5 nitrogen and oxygen atoms in total. The molecule has 0 fully saturated rings. The lowest BCUT2D eigenvalue weighted by Crippen LogP contribution is -2.10. The number of thiazole rings is 1. The number of aromatic nitrogens is 2. The van der Waals surface area contributed by atoms with Gasteiger partial charge in [0.05, 0.1) is 13.3 Å². The maximum Gasteiger partial charge on any atom is 0.412 e. The van der Waals surface area contributed by atoms with Crippen LogP contribution < -0.4 is 5.32 Å². The van der Waals surface area contributed by atoms with Gasteiger partial charge >= 0.3 is 6.09 Å². The number of carbonyl (C=O) groups is 1. The highest BCUT2D eigenvalue weighted by Crippen LogP contribution is 2.14. The van der Waals surface area contributed by atoms with Crippen molar-refractivity contribution in [3.63, 3.8) is 0 Å². The summed E-state index contributed by atoms with van der Waals surface area (Å²) in [5.74, 6) is 0.499. The number of fused-ring (bicyclic) bond motifs is 1. The fourth-order valence-corrected chi connectivity index (χ4v) is 1.64. The van der Waals surface area contributed by atoms with Crippen LogP contribution in [0.4, 0.5) is 10.6 Å².